The van der Waals surface area contributed by atoms with Crippen LogP contribution in [-0.4, -0.2) is 12.4 Å². The average molecular weight is 291 g/mol. The number of fused-ring (bicyclic) bond motifs is 1. The predicted octanol–water partition coefficient (Wildman–Crippen LogP) is 3.63. The highest BCUT2D eigenvalue weighted by Gasteiger charge is 2.13. The summed E-state index contributed by atoms with van der Waals surface area (Å²) < 4.78 is 5.40. The van der Waals surface area contributed by atoms with Crippen LogP contribution < -0.4 is 10.1 Å². The Hall–Kier alpha value is -3.14. The molecule has 4 heteroatoms. The van der Waals surface area contributed by atoms with Crippen molar-refractivity contribution in [3.05, 3.63) is 72.3 Å². The topological polar surface area (TPSA) is 55.4 Å². The number of benzene rings is 3. The summed E-state index contributed by atoms with van der Waals surface area (Å²) in [6.07, 6.45) is 0.530. The molecule has 0 saturated heterocycles. The highest BCUT2D eigenvalue weighted by molar-refractivity contribution is 5.99. The first-order valence-electron chi connectivity index (χ1n) is 6.78. The van der Waals surface area contributed by atoms with E-state index >= 15 is 0 Å². The van der Waals surface area contributed by atoms with Crippen LogP contribution in [0.4, 0.5) is 5.69 Å². The standard InChI is InChI=1S/C18H13NO3/c20-12-19-17-8-4-3-7-16(17)18(21)22-15-10-9-13-5-1-2-6-14(13)11-15/h1-12H,(H,19,20). The van der Waals surface area contributed by atoms with Crippen LogP contribution in [0, 0.1) is 0 Å². The van der Waals surface area contributed by atoms with Gasteiger partial charge in [-0.2, -0.15) is 0 Å². The lowest BCUT2D eigenvalue weighted by Gasteiger charge is -2.09. The molecule has 0 aliphatic heterocycles. The van der Waals surface area contributed by atoms with Gasteiger partial charge in [-0.15, -0.1) is 0 Å². The van der Waals surface area contributed by atoms with Crippen LogP contribution in [0.1, 0.15) is 10.4 Å². The average Bonchev–Trinajstić information content (AvgIpc) is 2.55. The summed E-state index contributed by atoms with van der Waals surface area (Å²) in [6.45, 7) is 0. The lowest BCUT2D eigenvalue weighted by Crippen LogP contribution is -2.11. The van der Waals surface area contributed by atoms with Gasteiger partial charge in [0.2, 0.25) is 6.41 Å². The van der Waals surface area contributed by atoms with E-state index in [4.69, 9.17) is 4.74 Å². The number of esters is 1. The maximum Gasteiger partial charge on any atom is 0.345 e. The Kier molecular flexibility index (Phi) is 3.83. The number of ether oxygens (including phenoxy) is 1. The molecule has 0 radical (unpaired) electrons. The second-order valence-corrected chi connectivity index (χ2v) is 4.71. The molecule has 22 heavy (non-hydrogen) atoms. The van der Waals surface area contributed by atoms with E-state index < -0.39 is 5.97 Å². The largest absolute Gasteiger partial charge is 0.423 e. The Balaban J connectivity index is 1.88. The van der Waals surface area contributed by atoms with Gasteiger partial charge in [-0.05, 0) is 35.0 Å². The van der Waals surface area contributed by atoms with Crippen molar-refractivity contribution in [1.29, 1.82) is 0 Å². The summed E-state index contributed by atoms with van der Waals surface area (Å²) in [5, 5.41) is 4.56. The highest BCUT2D eigenvalue weighted by Crippen LogP contribution is 2.23. The number of hydrogen-bond acceptors (Lipinski definition) is 3. The van der Waals surface area contributed by atoms with E-state index in [2.05, 4.69) is 5.32 Å². The van der Waals surface area contributed by atoms with E-state index in [-0.39, 0.29) is 0 Å². The minimum absolute atomic E-state index is 0.308. The third-order valence-corrected chi connectivity index (χ3v) is 3.29. The molecule has 4 nitrogen and oxygen atoms in total. The monoisotopic (exact) mass is 291 g/mol. The van der Waals surface area contributed by atoms with Crippen LogP contribution >= 0.6 is 0 Å². The Morgan fingerprint density at radius 3 is 2.45 bits per heavy atom. The Bertz CT molecular complexity index is 842. The van der Waals surface area contributed by atoms with Gasteiger partial charge in [0.05, 0.1) is 11.3 Å². The van der Waals surface area contributed by atoms with E-state index in [1.54, 1.807) is 30.3 Å². The van der Waals surface area contributed by atoms with Gasteiger partial charge in [0, 0.05) is 0 Å². The molecule has 0 heterocycles. The second kappa shape index (κ2) is 6.10. The molecule has 108 valence electrons. The first kappa shape index (κ1) is 13.8. The SMILES string of the molecule is O=CNc1ccccc1C(=O)Oc1ccc2ccccc2c1. The van der Waals surface area contributed by atoms with E-state index in [0.29, 0.717) is 23.4 Å². The highest BCUT2D eigenvalue weighted by atomic mass is 16.5. The van der Waals surface area contributed by atoms with Crippen molar-refractivity contribution in [2.75, 3.05) is 5.32 Å². The molecule has 3 rings (SSSR count). The third kappa shape index (κ3) is 2.81. The third-order valence-electron chi connectivity index (χ3n) is 3.29. The fourth-order valence-electron chi connectivity index (χ4n) is 2.24. The van der Waals surface area contributed by atoms with Crippen molar-refractivity contribution >= 4 is 28.8 Å². The number of para-hydroxylation sites is 1. The first-order valence-corrected chi connectivity index (χ1v) is 6.78. The number of rotatable bonds is 4. The van der Waals surface area contributed by atoms with Crippen LogP contribution in [-0.2, 0) is 4.79 Å². The normalized spacial score (nSPS) is 10.2. The summed E-state index contributed by atoms with van der Waals surface area (Å²) in [4.78, 5) is 22.9. The summed E-state index contributed by atoms with van der Waals surface area (Å²) in [5.74, 6) is -0.0511. The van der Waals surface area contributed by atoms with Crippen LogP contribution in [0.5, 0.6) is 5.75 Å². The summed E-state index contributed by atoms with van der Waals surface area (Å²) in [6, 6.07) is 20.0. The Labute approximate surface area is 127 Å². The molecule has 3 aromatic rings. The minimum Gasteiger partial charge on any atom is -0.423 e. The van der Waals surface area contributed by atoms with E-state index in [1.807, 2.05) is 36.4 Å². The zero-order chi connectivity index (χ0) is 15.4. The molecule has 0 spiro atoms. The smallest absolute Gasteiger partial charge is 0.345 e. The molecule has 0 aromatic heterocycles. The zero-order valence-corrected chi connectivity index (χ0v) is 11.7. The van der Waals surface area contributed by atoms with Crippen molar-refractivity contribution < 1.29 is 14.3 Å². The van der Waals surface area contributed by atoms with Crippen molar-refractivity contribution in [3.63, 3.8) is 0 Å². The molecule has 0 bridgehead atoms. The lowest BCUT2D eigenvalue weighted by molar-refractivity contribution is -0.105. The van der Waals surface area contributed by atoms with E-state index in [9.17, 15) is 9.59 Å². The summed E-state index contributed by atoms with van der Waals surface area (Å²) in [7, 11) is 0. The second-order valence-electron chi connectivity index (χ2n) is 4.71. The molecular formula is C18H13NO3. The fourth-order valence-corrected chi connectivity index (χ4v) is 2.24. The van der Waals surface area contributed by atoms with Crippen LogP contribution in [0.3, 0.4) is 0 Å². The van der Waals surface area contributed by atoms with Crippen molar-refractivity contribution in [2.24, 2.45) is 0 Å². The van der Waals surface area contributed by atoms with Crippen LogP contribution in [0.25, 0.3) is 10.8 Å². The number of hydrogen-bond donors (Lipinski definition) is 1. The molecule has 3 aromatic carbocycles. The first-order chi connectivity index (χ1) is 10.8. The van der Waals surface area contributed by atoms with Gasteiger partial charge in [-0.25, -0.2) is 4.79 Å². The molecular weight excluding hydrogens is 278 g/mol. The van der Waals surface area contributed by atoms with Crippen molar-refractivity contribution in [2.45, 2.75) is 0 Å². The van der Waals surface area contributed by atoms with Crippen LogP contribution in [0.2, 0.25) is 0 Å². The summed E-state index contributed by atoms with van der Waals surface area (Å²) in [5.41, 5.74) is 0.728. The molecule has 0 fully saturated rings. The lowest BCUT2D eigenvalue weighted by atomic mass is 10.1. The number of anilines is 1. The summed E-state index contributed by atoms with van der Waals surface area (Å²) >= 11 is 0. The maximum atomic E-state index is 12.3. The molecule has 0 atom stereocenters. The van der Waals surface area contributed by atoms with Gasteiger partial charge in [0.25, 0.3) is 0 Å². The molecule has 0 saturated carbocycles. The van der Waals surface area contributed by atoms with Gasteiger partial charge in [-0.1, -0.05) is 42.5 Å². The van der Waals surface area contributed by atoms with Gasteiger partial charge < -0.3 is 10.1 Å². The fraction of sp³-hybridized carbons (Fsp3) is 0. The predicted molar refractivity (Wildman–Crippen MR) is 85.0 cm³/mol. The maximum absolute atomic E-state index is 12.3. The number of nitrogens with one attached hydrogen (secondary N) is 1. The van der Waals surface area contributed by atoms with Crippen LogP contribution in [0.15, 0.2) is 66.7 Å². The Morgan fingerprint density at radius 1 is 0.909 bits per heavy atom. The zero-order valence-electron chi connectivity index (χ0n) is 11.7. The quantitative estimate of drug-likeness (QED) is 0.454. The van der Waals surface area contributed by atoms with Gasteiger partial charge in [0.15, 0.2) is 0 Å². The molecule has 0 unspecified atom stereocenters. The number of carbonyl (C=O) groups is 2. The van der Waals surface area contributed by atoms with Gasteiger partial charge in [-0.3, -0.25) is 4.79 Å². The number of carbonyl (C=O) groups excluding carboxylic acids is 2. The molecule has 1 amide bonds. The van der Waals surface area contributed by atoms with Crippen molar-refractivity contribution in [1.82, 2.24) is 0 Å². The minimum atomic E-state index is -0.514. The molecule has 0 aliphatic rings. The molecule has 1 N–H and O–H groups in total. The number of amides is 1. The van der Waals surface area contributed by atoms with Crippen molar-refractivity contribution in [3.8, 4) is 5.75 Å². The van der Waals surface area contributed by atoms with Gasteiger partial charge in [0.1, 0.15) is 5.75 Å². The molecule has 0 aliphatic carbocycles. The van der Waals surface area contributed by atoms with E-state index in [0.717, 1.165) is 10.8 Å². The Morgan fingerprint density at radius 2 is 1.64 bits per heavy atom. The van der Waals surface area contributed by atoms with Gasteiger partial charge >= 0.3 is 5.97 Å². The van der Waals surface area contributed by atoms with E-state index in [1.165, 1.54) is 0 Å².